The van der Waals surface area contributed by atoms with E-state index in [4.69, 9.17) is 5.41 Å². The summed E-state index contributed by atoms with van der Waals surface area (Å²) in [6.45, 7) is 0. The molecule has 0 spiro atoms. The van der Waals surface area contributed by atoms with Crippen molar-refractivity contribution in [3.05, 3.63) is 42.0 Å². The standard InChI is InChI=1S/C11H9NO.C2H6O/c12-7-8-1-2-10-6-11(13)4-3-9(10)5-8;1-3-2/h1-7,12-13H;1-2H3. The zero-order chi connectivity index (χ0) is 12.0. The van der Waals surface area contributed by atoms with Crippen LogP contribution in [0.2, 0.25) is 0 Å². The van der Waals surface area contributed by atoms with E-state index in [-0.39, 0.29) is 5.75 Å². The third kappa shape index (κ3) is 3.07. The maximum Gasteiger partial charge on any atom is 0.116 e. The Kier molecular flexibility index (Phi) is 4.48. The lowest BCUT2D eigenvalue weighted by Crippen LogP contribution is -1.79. The topological polar surface area (TPSA) is 53.3 Å². The molecule has 0 aliphatic rings. The van der Waals surface area contributed by atoms with Crippen LogP contribution in [0.5, 0.6) is 5.75 Å². The fraction of sp³-hybridized carbons (Fsp3) is 0.154. The van der Waals surface area contributed by atoms with Gasteiger partial charge >= 0.3 is 0 Å². The van der Waals surface area contributed by atoms with Gasteiger partial charge in [-0.25, -0.2) is 0 Å². The van der Waals surface area contributed by atoms with Crippen LogP contribution in [0.3, 0.4) is 0 Å². The molecule has 3 nitrogen and oxygen atoms in total. The number of nitrogens with one attached hydrogen (secondary N) is 1. The van der Waals surface area contributed by atoms with Gasteiger partial charge in [0.1, 0.15) is 5.75 Å². The number of ether oxygens (including phenoxy) is 1. The van der Waals surface area contributed by atoms with Crippen molar-refractivity contribution in [1.29, 1.82) is 5.41 Å². The van der Waals surface area contributed by atoms with Crippen molar-refractivity contribution >= 4 is 17.0 Å². The number of hydrogen-bond donors (Lipinski definition) is 2. The Morgan fingerprint density at radius 1 is 1.06 bits per heavy atom. The Balaban J connectivity index is 0.000000386. The highest BCUT2D eigenvalue weighted by atomic mass is 16.4. The molecule has 0 saturated heterocycles. The van der Waals surface area contributed by atoms with E-state index in [1.54, 1.807) is 26.4 Å². The lowest BCUT2D eigenvalue weighted by molar-refractivity contribution is 0.277. The molecule has 0 amide bonds. The molecule has 0 aliphatic heterocycles. The third-order valence-electron chi connectivity index (χ3n) is 2.01. The lowest BCUT2D eigenvalue weighted by atomic mass is 10.1. The molecule has 0 bridgehead atoms. The molecule has 0 saturated carbocycles. The van der Waals surface area contributed by atoms with E-state index in [2.05, 4.69) is 4.74 Å². The van der Waals surface area contributed by atoms with Crippen LogP contribution in [0.4, 0.5) is 0 Å². The van der Waals surface area contributed by atoms with Gasteiger partial charge in [0.2, 0.25) is 0 Å². The van der Waals surface area contributed by atoms with Crippen LogP contribution in [0.1, 0.15) is 5.56 Å². The van der Waals surface area contributed by atoms with Crippen molar-refractivity contribution in [3.8, 4) is 5.75 Å². The fourth-order valence-corrected chi connectivity index (χ4v) is 1.34. The Labute approximate surface area is 94.8 Å². The molecule has 84 valence electrons. The summed E-state index contributed by atoms with van der Waals surface area (Å²) in [5.74, 6) is 0.273. The molecule has 0 aromatic heterocycles. The molecule has 2 aromatic rings. The summed E-state index contributed by atoms with van der Waals surface area (Å²) in [4.78, 5) is 0. The first-order chi connectivity index (χ1) is 7.71. The minimum absolute atomic E-state index is 0.273. The van der Waals surface area contributed by atoms with Crippen LogP contribution in [0.15, 0.2) is 36.4 Å². The Morgan fingerprint density at radius 2 is 1.62 bits per heavy atom. The number of hydrogen-bond acceptors (Lipinski definition) is 3. The minimum atomic E-state index is 0.273. The maximum absolute atomic E-state index is 9.21. The molecule has 0 radical (unpaired) electrons. The predicted molar refractivity (Wildman–Crippen MR) is 66.4 cm³/mol. The van der Waals surface area contributed by atoms with Crippen molar-refractivity contribution in [2.45, 2.75) is 0 Å². The van der Waals surface area contributed by atoms with Gasteiger partial charge in [-0.1, -0.05) is 18.2 Å². The van der Waals surface area contributed by atoms with E-state index in [1.165, 1.54) is 6.21 Å². The van der Waals surface area contributed by atoms with E-state index < -0.39 is 0 Å². The molecule has 16 heavy (non-hydrogen) atoms. The van der Waals surface area contributed by atoms with Crippen molar-refractivity contribution in [2.24, 2.45) is 0 Å². The second-order valence-corrected chi connectivity index (χ2v) is 3.34. The van der Waals surface area contributed by atoms with Gasteiger partial charge in [-0.3, -0.25) is 0 Å². The molecule has 3 heteroatoms. The van der Waals surface area contributed by atoms with Crippen LogP contribution in [0, 0.1) is 5.41 Å². The summed E-state index contributed by atoms with van der Waals surface area (Å²) < 4.78 is 4.25. The van der Waals surface area contributed by atoms with Crippen molar-refractivity contribution in [2.75, 3.05) is 14.2 Å². The van der Waals surface area contributed by atoms with Crippen molar-refractivity contribution < 1.29 is 9.84 Å². The summed E-state index contributed by atoms with van der Waals surface area (Å²) in [6.07, 6.45) is 1.31. The molecular weight excluding hydrogens is 202 g/mol. The number of phenolic OH excluding ortho intramolecular Hbond substituents is 1. The Bertz CT molecular complexity index is 480. The Morgan fingerprint density at radius 3 is 2.25 bits per heavy atom. The van der Waals surface area contributed by atoms with Crippen LogP contribution >= 0.6 is 0 Å². The minimum Gasteiger partial charge on any atom is -0.508 e. The average molecular weight is 217 g/mol. The quantitative estimate of drug-likeness (QED) is 0.722. The first kappa shape index (κ1) is 12.2. The normalized spacial score (nSPS) is 9.38. The Hall–Kier alpha value is -1.87. The molecule has 2 N–H and O–H groups in total. The largest absolute Gasteiger partial charge is 0.508 e. The predicted octanol–water partition coefficient (Wildman–Crippen LogP) is 2.81. The summed E-state index contributed by atoms with van der Waals surface area (Å²) >= 11 is 0. The zero-order valence-corrected chi connectivity index (χ0v) is 9.40. The average Bonchev–Trinajstić information content (AvgIpc) is 2.29. The second kappa shape index (κ2) is 5.88. The van der Waals surface area contributed by atoms with Crippen LogP contribution in [-0.2, 0) is 4.74 Å². The zero-order valence-electron chi connectivity index (χ0n) is 9.40. The lowest BCUT2D eigenvalue weighted by Gasteiger charge is -1.99. The summed E-state index contributed by atoms with van der Waals surface area (Å²) in [6, 6.07) is 10.9. The number of fused-ring (bicyclic) bond motifs is 1. The highest BCUT2D eigenvalue weighted by molar-refractivity contribution is 5.90. The fourth-order valence-electron chi connectivity index (χ4n) is 1.34. The van der Waals surface area contributed by atoms with Gasteiger partial charge in [0, 0.05) is 20.4 Å². The summed E-state index contributed by atoms with van der Waals surface area (Å²) in [7, 11) is 3.25. The van der Waals surface area contributed by atoms with Gasteiger partial charge in [-0.2, -0.15) is 0 Å². The number of benzene rings is 2. The smallest absolute Gasteiger partial charge is 0.116 e. The molecule has 0 heterocycles. The molecule has 0 atom stereocenters. The number of methoxy groups -OCH3 is 1. The number of rotatable bonds is 1. The first-order valence-electron chi connectivity index (χ1n) is 4.84. The molecule has 0 fully saturated rings. The molecule has 2 rings (SSSR count). The first-order valence-corrected chi connectivity index (χ1v) is 4.84. The van der Waals surface area contributed by atoms with Gasteiger partial charge in [0.25, 0.3) is 0 Å². The molecule has 0 unspecified atom stereocenters. The second-order valence-electron chi connectivity index (χ2n) is 3.34. The highest BCUT2D eigenvalue weighted by Gasteiger charge is 1.95. The van der Waals surface area contributed by atoms with Gasteiger partial charge in [0.05, 0.1) is 0 Å². The van der Waals surface area contributed by atoms with Gasteiger partial charge in [-0.15, -0.1) is 0 Å². The van der Waals surface area contributed by atoms with E-state index in [9.17, 15) is 5.11 Å². The molecule has 2 aromatic carbocycles. The van der Waals surface area contributed by atoms with Crippen LogP contribution in [0.25, 0.3) is 10.8 Å². The number of phenols is 1. The maximum atomic E-state index is 9.21. The van der Waals surface area contributed by atoms with E-state index in [0.29, 0.717) is 0 Å². The monoisotopic (exact) mass is 217 g/mol. The van der Waals surface area contributed by atoms with Gasteiger partial charge < -0.3 is 15.3 Å². The summed E-state index contributed by atoms with van der Waals surface area (Å²) in [5.41, 5.74) is 0.873. The van der Waals surface area contributed by atoms with Crippen molar-refractivity contribution in [3.63, 3.8) is 0 Å². The highest BCUT2D eigenvalue weighted by Crippen LogP contribution is 2.20. The molecular formula is C13H15NO2. The molecule has 0 aliphatic carbocycles. The van der Waals surface area contributed by atoms with E-state index >= 15 is 0 Å². The van der Waals surface area contributed by atoms with Gasteiger partial charge in [0.15, 0.2) is 0 Å². The number of aromatic hydroxyl groups is 1. The van der Waals surface area contributed by atoms with E-state index in [0.717, 1.165) is 16.3 Å². The van der Waals surface area contributed by atoms with Gasteiger partial charge in [-0.05, 0) is 34.5 Å². The van der Waals surface area contributed by atoms with Crippen LogP contribution < -0.4 is 0 Å². The van der Waals surface area contributed by atoms with E-state index in [1.807, 2.05) is 24.3 Å². The SMILES string of the molecule is COC.N=Cc1ccc2cc(O)ccc2c1. The van der Waals surface area contributed by atoms with Crippen LogP contribution in [-0.4, -0.2) is 25.5 Å². The summed E-state index contributed by atoms with van der Waals surface area (Å²) in [5, 5.41) is 18.3. The van der Waals surface area contributed by atoms with Crippen molar-refractivity contribution in [1.82, 2.24) is 0 Å². The third-order valence-corrected chi connectivity index (χ3v) is 2.01.